The second-order valence-electron chi connectivity index (χ2n) is 5.11. The van der Waals surface area contributed by atoms with E-state index in [0.29, 0.717) is 12.5 Å². The van der Waals surface area contributed by atoms with E-state index in [9.17, 15) is 4.39 Å². The highest BCUT2D eigenvalue weighted by Crippen LogP contribution is 2.38. The molecule has 0 saturated heterocycles. The van der Waals surface area contributed by atoms with E-state index in [-0.39, 0.29) is 5.82 Å². The SMILES string of the molecule is Cc1cc(F)ccc1-c1nc2c(s1)CCCC2CN. The Morgan fingerprint density at radius 3 is 3.05 bits per heavy atom. The van der Waals surface area contributed by atoms with Gasteiger partial charge in [0.25, 0.3) is 0 Å². The predicted octanol–water partition coefficient (Wildman–Crippen LogP) is 3.64. The smallest absolute Gasteiger partial charge is 0.124 e. The average molecular weight is 276 g/mol. The zero-order valence-electron chi connectivity index (χ0n) is 10.9. The third-order valence-corrected chi connectivity index (χ3v) is 4.94. The van der Waals surface area contributed by atoms with Crippen LogP contribution in [0.15, 0.2) is 18.2 Å². The van der Waals surface area contributed by atoms with Gasteiger partial charge in [0.1, 0.15) is 10.8 Å². The lowest BCUT2D eigenvalue weighted by atomic mass is 9.91. The van der Waals surface area contributed by atoms with Crippen LogP contribution in [0, 0.1) is 12.7 Å². The van der Waals surface area contributed by atoms with Gasteiger partial charge in [0.15, 0.2) is 0 Å². The van der Waals surface area contributed by atoms with Gasteiger partial charge < -0.3 is 5.73 Å². The lowest BCUT2D eigenvalue weighted by Crippen LogP contribution is -2.17. The third-order valence-electron chi connectivity index (χ3n) is 3.77. The molecule has 1 aliphatic rings. The van der Waals surface area contributed by atoms with Gasteiger partial charge in [0.05, 0.1) is 5.69 Å². The summed E-state index contributed by atoms with van der Waals surface area (Å²) in [7, 11) is 0. The number of aromatic nitrogens is 1. The Morgan fingerprint density at radius 2 is 2.32 bits per heavy atom. The number of nitrogens with zero attached hydrogens (tertiary/aromatic N) is 1. The minimum Gasteiger partial charge on any atom is -0.330 e. The number of thiazole rings is 1. The van der Waals surface area contributed by atoms with E-state index in [0.717, 1.165) is 29.0 Å². The quantitative estimate of drug-likeness (QED) is 0.909. The van der Waals surface area contributed by atoms with Crippen LogP contribution in [0.4, 0.5) is 4.39 Å². The maximum absolute atomic E-state index is 13.2. The molecule has 4 heteroatoms. The fourth-order valence-electron chi connectivity index (χ4n) is 2.72. The number of hydrogen-bond acceptors (Lipinski definition) is 3. The summed E-state index contributed by atoms with van der Waals surface area (Å²) in [5.41, 5.74) is 8.99. The summed E-state index contributed by atoms with van der Waals surface area (Å²) in [6.45, 7) is 2.60. The van der Waals surface area contributed by atoms with Gasteiger partial charge in [-0.05, 0) is 49.9 Å². The first-order valence-electron chi connectivity index (χ1n) is 6.65. The summed E-state index contributed by atoms with van der Waals surface area (Å²) < 4.78 is 13.2. The fourth-order valence-corrected chi connectivity index (χ4v) is 4.00. The van der Waals surface area contributed by atoms with Crippen molar-refractivity contribution >= 4 is 11.3 Å². The molecule has 100 valence electrons. The monoisotopic (exact) mass is 276 g/mol. The molecule has 1 atom stereocenters. The molecule has 2 nitrogen and oxygen atoms in total. The van der Waals surface area contributed by atoms with Crippen LogP contribution >= 0.6 is 11.3 Å². The van der Waals surface area contributed by atoms with Gasteiger partial charge in [0, 0.05) is 22.9 Å². The zero-order valence-corrected chi connectivity index (χ0v) is 11.8. The third kappa shape index (κ3) is 2.30. The highest BCUT2D eigenvalue weighted by molar-refractivity contribution is 7.15. The van der Waals surface area contributed by atoms with Gasteiger partial charge in [-0.2, -0.15) is 0 Å². The molecule has 1 aromatic heterocycles. The molecule has 1 unspecified atom stereocenters. The van der Waals surface area contributed by atoms with E-state index >= 15 is 0 Å². The molecular formula is C15H17FN2S. The summed E-state index contributed by atoms with van der Waals surface area (Å²) in [4.78, 5) is 6.14. The molecular weight excluding hydrogens is 259 g/mol. The molecule has 0 spiro atoms. The van der Waals surface area contributed by atoms with Crippen LogP contribution in [0.5, 0.6) is 0 Å². The van der Waals surface area contributed by atoms with Crippen LogP contribution < -0.4 is 5.73 Å². The molecule has 1 aromatic carbocycles. The molecule has 1 heterocycles. The Labute approximate surface area is 116 Å². The summed E-state index contributed by atoms with van der Waals surface area (Å²) in [5, 5.41) is 1.00. The van der Waals surface area contributed by atoms with E-state index < -0.39 is 0 Å². The van der Waals surface area contributed by atoms with Crippen LogP contribution in [0.3, 0.4) is 0 Å². The van der Waals surface area contributed by atoms with Crippen molar-refractivity contribution in [3.63, 3.8) is 0 Å². The van der Waals surface area contributed by atoms with Crippen molar-refractivity contribution in [2.24, 2.45) is 5.73 Å². The minimum atomic E-state index is -0.192. The molecule has 0 radical (unpaired) electrons. The summed E-state index contributed by atoms with van der Waals surface area (Å²) in [6, 6.07) is 4.89. The minimum absolute atomic E-state index is 0.192. The summed E-state index contributed by atoms with van der Waals surface area (Å²) >= 11 is 1.74. The molecule has 0 fully saturated rings. The van der Waals surface area contributed by atoms with Crippen LogP contribution in [-0.4, -0.2) is 11.5 Å². The number of fused-ring (bicyclic) bond motifs is 1. The maximum Gasteiger partial charge on any atom is 0.124 e. The molecule has 0 bridgehead atoms. The number of nitrogens with two attached hydrogens (primary N) is 1. The largest absolute Gasteiger partial charge is 0.330 e. The van der Waals surface area contributed by atoms with Gasteiger partial charge in [-0.3, -0.25) is 0 Å². The van der Waals surface area contributed by atoms with Crippen molar-refractivity contribution in [3.05, 3.63) is 40.2 Å². The Kier molecular flexibility index (Phi) is 3.37. The van der Waals surface area contributed by atoms with Crippen molar-refractivity contribution in [1.29, 1.82) is 0 Å². The van der Waals surface area contributed by atoms with E-state index in [4.69, 9.17) is 10.7 Å². The maximum atomic E-state index is 13.2. The van der Waals surface area contributed by atoms with Crippen molar-refractivity contribution in [2.45, 2.75) is 32.1 Å². The topological polar surface area (TPSA) is 38.9 Å². The summed E-state index contributed by atoms with van der Waals surface area (Å²) in [5.74, 6) is 0.205. The van der Waals surface area contributed by atoms with Gasteiger partial charge >= 0.3 is 0 Å². The highest BCUT2D eigenvalue weighted by atomic mass is 32.1. The summed E-state index contributed by atoms with van der Waals surface area (Å²) in [6.07, 6.45) is 3.43. The van der Waals surface area contributed by atoms with Crippen molar-refractivity contribution in [2.75, 3.05) is 6.54 Å². The Morgan fingerprint density at radius 1 is 1.47 bits per heavy atom. The number of hydrogen-bond donors (Lipinski definition) is 1. The molecule has 2 aromatic rings. The second-order valence-corrected chi connectivity index (χ2v) is 6.20. The van der Waals surface area contributed by atoms with E-state index in [2.05, 4.69) is 0 Å². The molecule has 0 amide bonds. The number of halogens is 1. The molecule has 3 rings (SSSR count). The van der Waals surface area contributed by atoms with Crippen molar-refractivity contribution in [1.82, 2.24) is 4.98 Å². The molecule has 0 saturated carbocycles. The van der Waals surface area contributed by atoms with Gasteiger partial charge in [-0.15, -0.1) is 11.3 Å². The average Bonchev–Trinajstić information content (AvgIpc) is 2.81. The zero-order chi connectivity index (χ0) is 13.4. The van der Waals surface area contributed by atoms with Crippen molar-refractivity contribution in [3.8, 4) is 10.6 Å². The van der Waals surface area contributed by atoms with Gasteiger partial charge in [0.2, 0.25) is 0 Å². The first-order valence-corrected chi connectivity index (χ1v) is 7.47. The lowest BCUT2D eigenvalue weighted by molar-refractivity contribution is 0.554. The first kappa shape index (κ1) is 12.8. The van der Waals surface area contributed by atoms with Gasteiger partial charge in [-0.1, -0.05) is 0 Å². The van der Waals surface area contributed by atoms with Crippen molar-refractivity contribution < 1.29 is 4.39 Å². The molecule has 0 aliphatic heterocycles. The standard InChI is InChI=1S/C15H17FN2S/c1-9-7-11(16)5-6-12(9)15-18-14-10(8-17)3-2-4-13(14)19-15/h5-7,10H,2-4,8,17H2,1H3. The van der Waals surface area contributed by atoms with Crippen LogP contribution in [0.25, 0.3) is 10.6 Å². The second kappa shape index (κ2) is 5.02. The molecule has 1 aliphatic carbocycles. The first-order chi connectivity index (χ1) is 9.19. The van der Waals surface area contributed by atoms with Gasteiger partial charge in [-0.25, -0.2) is 9.37 Å². The van der Waals surface area contributed by atoms with Crippen LogP contribution in [0.2, 0.25) is 0 Å². The number of aryl methyl sites for hydroxylation is 2. The van der Waals surface area contributed by atoms with E-state index in [1.165, 1.54) is 23.1 Å². The molecule has 2 N–H and O–H groups in total. The normalized spacial score (nSPS) is 18.4. The number of benzene rings is 1. The van der Waals surface area contributed by atoms with E-state index in [1.54, 1.807) is 17.4 Å². The van der Waals surface area contributed by atoms with E-state index in [1.807, 2.05) is 13.0 Å². The fraction of sp³-hybridized carbons (Fsp3) is 0.400. The number of rotatable bonds is 2. The highest BCUT2D eigenvalue weighted by Gasteiger charge is 2.24. The van der Waals surface area contributed by atoms with Crippen LogP contribution in [0.1, 0.15) is 34.9 Å². The predicted molar refractivity (Wildman–Crippen MR) is 77.0 cm³/mol. The Balaban J connectivity index is 2.05. The lowest BCUT2D eigenvalue weighted by Gasteiger charge is -2.18. The molecule has 19 heavy (non-hydrogen) atoms. The Bertz CT molecular complexity index is 606. The Hall–Kier alpha value is -1.26. The van der Waals surface area contributed by atoms with Crippen LogP contribution in [-0.2, 0) is 6.42 Å².